The molecule has 1 fully saturated rings. The molecule has 2 heterocycles. The molecule has 1 aliphatic heterocycles. The molecular formula is C23H23N3O2. The Morgan fingerprint density at radius 1 is 1.07 bits per heavy atom. The predicted molar refractivity (Wildman–Crippen MR) is 110 cm³/mol. The van der Waals surface area contributed by atoms with Gasteiger partial charge < -0.3 is 10.2 Å². The maximum Gasteiger partial charge on any atom is 0.254 e. The van der Waals surface area contributed by atoms with Gasteiger partial charge in [0.05, 0.1) is 5.92 Å². The zero-order valence-electron chi connectivity index (χ0n) is 15.9. The lowest BCUT2D eigenvalue weighted by Crippen LogP contribution is -2.44. The molecule has 0 bridgehead atoms. The highest BCUT2D eigenvalue weighted by molar-refractivity contribution is 6.07. The van der Waals surface area contributed by atoms with Gasteiger partial charge in [-0.05, 0) is 48.2 Å². The third-order valence-corrected chi connectivity index (χ3v) is 5.35. The molecule has 2 aromatic carbocycles. The molecule has 1 atom stereocenters. The van der Waals surface area contributed by atoms with Gasteiger partial charge in [0.2, 0.25) is 5.91 Å². The van der Waals surface area contributed by atoms with Gasteiger partial charge in [-0.2, -0.15) is 0 Å². The summed E-state index contributed by atoms with van der Waals surface area (Å²) in [6.07, 6.45) is 3.26. The summed E-state index contributed by atoms with van der Waals surface area (Å²) in [4.78, 5) is 32.0. The van der Waals surface area contributed by atoms with E-state index in [1.54, 1.807) is 11.1 Å². The number of aromatic nitrogens is 1. The molecule has 0 spiro atoms. The Bertz CT molecular complexity index is 1030. The maximum atomic E-state index is 13.2. The first kappa shape index (κ1) is 18.2. The van der Waals surface area contributed by atoms with Gasteiger partial charge in [-0.3, -0.25) is 9.59 Å². The highest BCUT2D eigenvalue weighted by Gasteiger charge is 2.29. The summed E-state index contributed by atoms with van der Waals surface area (Å²) in [6, 6.07) is 17.4. The van der Waals surface area contributed by atoms with Crippen LogP contribution >= 0.6 is 0 Å². The van der Waals surface area contributed by atoms with Crippen molar-refractivity contribution in [2.24, 2.45) is 5.92 Å². The van der Waals surface area contributed by atoms with Crippen molar-refractivity contribution >= 4 is 28.4 Å². The number of amides is 2. The predicted octanol–water partition coefficient (Wildman–Crippen LogP) is 4.03. The van der Waals surface area contributed by atoms with E-state index in [0.29, 0.717) is 24.5 Å². The summed E-state index contributed by atoms with van der Waals surface area (Å²) in [7, 11) is 0. The van der Waals surface area contributed by atoms with E-state index in [1.807, 2.05) is 61.5 Å². The molecule has 1 saturated heterocycles. The lowest BCUT2D eigenvalue weighted by Gasteiger charge is -2.32. The van der Waals surface area contributed by atoms with Gasteiger partial charge in [0.15, 0.2) is 0 Å². The van der Waals surface area contributed by atoms with Gasteiger partial charge in [0.25, 0.3) is 5.91 Å². The lowest BCUT2D eigenvalue weighted by atomic mass is 9.95. The Kier molecular flexibility index (Phi) is 5.06. The highest BCUT2D eigenvalue weighted by atomic mass is 16.2. The van der Waals surface area contributed by atoms with Gasteiger partial charge in [0.1, 0.15) is 5.82 Å². The smallest absolute Gasteiger partial charge is 0.254 e. The summed E-state index contributed by atoms with van der Waals surface area (Å²) in [5, 5.41) is 4.92. The standard InChI is InChI=1S/C23H23N3O2/c1-16-7-5-13-24-21(16)25-22(27)18-10-6-14-26(15-18)23(28)20-12-4-9-17-8-2-3-11-19(17)20/h2-5,7-9,11-13,18H,6,10,14-15H2,1H3,(H,24,25,27). The van der Waals surface area contributed by atoms with Crippen molar-refractivity contribution in [3.05, 3.63) is 71.9 Å². The number of aryl methyl sites for hydroxylation is 1. The van der Waals surface area contributed by atoms with Crippen LogP contribution in [0.1, 0.15) is 28.8 Å². The molecule has 1 N–H and O–H groups in total. The Morgan fingerprint density at radius 2 is 1.89 bits per heavy atom. The number of nitrogens with one attached hydrogen (secondary N) is 1. The summed E-state index contributed by atoms with van der Waals surface area (Å²) < 4.78 is 0. The molecule has 1 unspecified atom stereocenters. The summed E-state index contributed by atoms with van der Waals surface area (Å²) >= 11 is 0. The van der Waals surface area contributed by atoms with E-state index in [2.05, 4.69) is 10.3 Å². The molecule has 5 nitrogen and oxygen atoms in total. The van der Waals surface area contributed by atoms with Crippen molar-refractivity contribution in [3.8, 4) is 0 Å². The van der Waals surface area contributed by atoms with Crippen LogP contribution in [0.5, 0.6) is 0 Å². The number of pyridine rings is 1. The summed E-state index contributed by atoms with van der Waals surface area (Å²) in [5.74, 6) is 0.277. The van der Waals surface area contributed by atoms with E-state index in [1.165, 1.54) is 0 Å². The monoisotopic (exact) mass is 373 g/mol. The van der Waals surface area contributed by atoms with Crippen LogP contribution in [0.15, 0.2) is 60.8 Å². The number of hydrogen-bond donors (Lipinski definition) is 1. The van der Waals surface area contributed by atoms with Crippen molar-refractivity contribution in [2.45, 2.75) is 19.8 Å². The second-order valence-corrected chi connectivity index (χ2v) is 7.28. The van der Waals surface area contributed by atoms with Gasteiger partial charge in [-0.1, -0.05) is 42.5 Å². The van der Waals surface area contributed by atoms with Crippen LogP contribution < -0.4 is 5.32 Å². The molecule has 0 radical (unpaired) electrons. The summed E-state index contributed by atoms with van der Waals surface area (Å²) in [5.41, 5.74) is 1.62. The highest BCUT2D eigenvalue weighted by Crippen LogP contribution is 2.24. The third kappa shape index (κ3) is 3.60. The molecule has 0 aliphatic carbocycles. The number of fused-ring (bicyclic) bond motifs is 1. The summed E-state index contributed by atoms with van der Waals surface area (Å²) in [6.45, 7) is 3.02. The van der Waals surface area contributed by atoms with E-state index in [4.69, 9.17) is 0 Å². The first-order chi connectivity index (χ1) is 13.6. The van der Waals surface area contributed by atoms with Gasteiger partial charge >= 0.3 is 0 Å². The Hall–Kier alpha value is -3.21. The quantitative estimate of drug-likeness (QED) is 0.754. The average molecular weight is 373 g/mol. The van der Waals surface area contributed by atoms with E-state index in [-0.39, 0.29) is 17.7 Å². The van der Waals surface area contributed by atoms with Crippen molar-refractivity contribution in [1.29, 1.82) is 0 Å². The maximum absolute atomic E-state index is 13.2. The number of likely N-dealkylation sites (tertiary alicyclic amines) is 1. The fraction of sp³-hybridized carbons (Fsp3) is 0.261. The fourth-order valence-electron chi connectivity index (χ4n) is 3.79. The molecule has 4 rings (SSSR count). The number of hydrogen-bond acceptors (Lipinski definition) is 3. The first-order valence-corrected chi connectivity index (χ1v) is 9.63. The molecule has 1 aromatic heterocycles. The molecule has 1 aliphatic rings. The zero-order valence-corrected chi connectivity index (χ0v) is 15.9. The van der Waals surface area contributed by atoms with Crippen molar-refractivity contribution in [2.75, 3.05) is 18.4 Å². The van der Waals surface area contributed by atoms with Crippen molar-refractivity contribution in [1.82, 2.24) is 9.88 Å². The SMILES string of the molecule is Cc1cccnc1NC(=O)C1CCCN(C(=O)c2cccc3ccccc23)C1. The lowest BCUT2D eigenvalue weighted by molar-refractivity contribution is -0.121. The van der Waals surface area contributed by atoms with E-state index in [0.717, 1.165) is 29.2 Å². The van der Waals surface area contributed by atoms with Crippen LogP contribution in [0.25, 0.3) is 10.8 Å². The van der Waals surface area contributed by atoms with Crippen LogP contribution in [0.4, 0.5) is 5.82 Å². The molecule has 142 valence electrons. The molecule has 2 amide bonds. The van der Waals surface area contributed by atoms with Crippen LogP contribution in [0.3, 0.4) is 0 Å². The number of carbonyl (C=O) groups is 2. The van der Waals surface area contributed by atoms with Gasteiger partial charge in [0, 0.05) is 24.8 Å². The Balaban J connectivity index is 1.51. The Morgan fingerprint density at radius 3 is 2.75 bits per heavy atom. The van der Waals surface area contributed by atoms with Crippen LogP contribution in [-0.2, 0) is 4.79 Å². The average Bonchev–Trinajstić information content (AvgIpc) is 2.74. The zero-order chi connectivity index (χ0) is 19.5. The van der Waals surface area contributed by atoms with Crippen LogP contribution in [0, 0.1) is 12.8 Å². The minimum atomic E-state index is -0.228. The second-order valence-electron chi connectivity index (χ2n) is 7.28. The molecular weight excluding hydrogens is 350 g/mol. The Labute approximate surface area is 164 Å². The van der Waals surface area contributed by atoms with Crippen molar-refractivity contribution in [3.63, 3.8) is 0 Å². The minimum Gasteiger partial charge on any atom is -0.338 e. The fourth-order valence-corrected chi connectivity index (χ4v) is 3.79. The van der Waals surface area contributed by atoms with E-state index < -0.39 is 0 Å². The minimum absolute atomic E-state index is 0.0108. The topological polar surface area (TPSA) is 62.3 Å². The number of benzene rings is 2. The molecule has 0 saturated carbocycles. The van der Waals surface area contributed by atoms with Crippen LogP contribution in [0.2, 0.25) is 0 Å². The van der Waals surface area contributed by atoms with Crippen LogP contribution in [-0.4, -0.2) is 34.8 Å². The van der Waals surface area contributed by atoms with E-state index >= 15 is 0 Å². The number of anilines is 1. The molecule has 5 heteroatoms. The second kappa shape index (κ2) is 7.80. The largest absolute Gasteiger partial charge is 0.338 e. The van der Waals surface area contributed by atoms with Crippen molar-refractivity contribution < 1.29 is 9.59 Å². The molecule has 28 heavy (non-hydrogen) atoms. The van der Waals surface area contributed by atoms with E-state index in [9.17, 15) is 9.59 Å². The third-order valence-electron chi connectivity index (χ3n) is 5.35. The number of nitrogens with zero attached hydrogens (tertiary/aromatic N) is 2. The number of piperidine rings is 1. The number of rotatable bonds is 3. The normalized spacial score (nSPS) is 16.8. The first-order valence-electron chi connectivity index (χ1n) is 9.63. The van der Waals surface area contributed by atoms with Gasteiger partial charge in [-0.25, -0.2) is 4.98 Å². The molecule has 3 aromatic rings. The number of carbonyl (C=O) groups excluding carboxylic acids is 2. The van der Waals surface area contributed by atoms with Gasteiger partial charge in [-0.15, -0.1) is 0 Å².